The zero-order chi connectivity index (χ0) is 18.0. The topological polar surface area (TPSA) is 150 Å². The average molecular weight is 337 g/mol. The van der Waals surface area contributed by atoms with Gasteiger partial charge < -0.3 is 15.4 Å². The summed E-state index contributed by atoms with van der Waals surface area (Å²) in [5.74, 6) is -1.41. The van der Waals surface area contributed by atoms with Gasteiger partial charge in [-0.3, -0.25) is 19.1 Å². The first-order valence-electron chi connectivity index (χ1n) is 7.40. The fourth-order valence-corrected chi connectivity index (χ4v) is 2.26. The lowest BCUT2D eigenvalue weighted by Gasteiger charge is -2.17. The molecule has 0 aliphatic rings. The number of aromatic nitrogens is 4. The van der Waals surface area contributed by atoms with E-state index in [9.17, 15) is 19.2 Å². The molecule has 0 spiro atoms. The third-order valence-corrected chi connectivity index (χ3v) is 3.64. The van der Waals surface area contributed by atoms with Crippen LogP contribution in [0.1, 0.15) is 26.1 Å². The number of aromatic amines is 2. The molecule has 2 heterocycles. The van der Waals surface area contributed by atoms with Gasteiger partial charge in [-0.25, -0.2) is 14.6 Å². The fraction of sp³-hybridized carbons (Fsp3) is 0.500. The number of carbonyl (C=O) groups is 2. The first-order chi connectivity index (χ1) is 11.2. The van der Waals surface area contributed by atoms with Gasteiger partial charge in [0.2, 0.25) is 5.91 Å². The van der Waals surface area contributed by atoms with Gasteiger partial charge in [0.15, 0.2) is 5.65 Å². The maximum atomic E-state index is 11.9. The van der Waals surface area contributed by atoms with E-state index in [1.54, 1.807) is 13.8 Å². The number of H-pyrrole nitrogens is 2. The summed E-state index contributed by atoms with van der Waals surface area (Å²) in [7, 11) is 1.47. The third kappa shape index (κ3) is 3.53. The van der Waals surface area contributed by atoms with Crippen molar-refractivity contribution < 1.29 is 14.7 Å². The molecule has 2 rings (SSSR count). The number of aliphatic carboxylic acids is 1. The minimum atomic E-state index is -1.09. The molecule has 0 fully saturated rings. The van der Waals surface area contributed by atoms with Crippen molar-refractivity contribution in [1.29, 1.82) is 0 Å². The minimum absolute atomic E-state index is 0.00216. The Morgan fingerprint density at radius 3 is 2.54 bits per heavy atom. The van der Waals surface area contributed by atoms with Crippen LogP contribution in [-0.4, -0.2) is 42.5 Å². The second-order valence-corrected chi connectivity index (χ2v) is 5.83. The van der Waals surface area contributed by atoms with Crippen LogP contribution < -0.4 is 16.6 Å². The van der Waals surface area contributed by atoms with Crippen LogP contribution in [0.2, 0.25) is 0 Å². The van der Waals surface area contributed by atoms with Crippen LogP contribution in [0.4, 0.5) is 0 Å². The Hall–Kier alpha value is -2.91. The molecule has 10 heteroatoms. The van der Waals surface area contributed by atoms with E-state index >= 15 is 0 Å². The molecule has 0 radical (unpaired) electrons. The van der Waals surface area contributed by atoms with Crippen LogP contribution in [0.3, 0.4) is 0 Å². The van der Waals surface area contributed by atoms with E-state index in [-0.39, 0.29) is 29.9 Å². The predicted octanol–water partition coefficient (Wildman–Crippen LogP) is -0.892. The van der Waals surface area contributed by atoms with Crippen molar-refractivity contribution in [2.75, 3.05) is 0 Å². The van der Waals surface area contributed by atoms with Crippen molar-refractivity contribution in [2.24, 2.45) is 13.0 Å². The van der Waals surface area contributed by atoms with Crippen molar-refractivity contribution in [2.45, 2.75) is 32.7 Å². The zero-order valence-corrected chi connectivity index (χ0v) is 13.5. The van der Waals surface area contributed by atoms with Gasteiger partial charge in [-0.2, -0.15) is 0 Å². The highest BCUT2D eigenvalue weighted by molar-refractivity contribution is 5.83. The minimum Gasteiger partial charge on any atom is -0.480 e. The lowest BCUT2D eigenvalue weighted by molar-refractivity contribution is -0.143. The van der Waals surface area contributed by atoms with Crippen LogP contribution >= 0.6 is 0 Å². The predicted molar refractivity (Wildman–Crippen MR) is 84.7 cm³/mol. The number of carboxylic acid groups (broad SMARTS) is 1. The molecule has 0 unspecified atom stereocenters. The highest BCUT2D eigenvalue weighted by atomic mass is 16.4. The molecule has 0 saturated heterocycles. The summed E-state index contributed by atoms with van der Waals surface area (Å²) >= 11 is 0. The molecule has 4 N–H and O–H groups in total. The Morgan fingerprint density at radius 2 is 1.96 bits per heavy atom. The summed E-state index contributed by atoms with van der Waals surface area (Å²) in [4.78, 5) is 55.3. The molecular formula is C14H19N5O5. The van der Waals surface area contributed by atoms with Gasteiger partial charge in [0.05, 0.1) is 0 Å². The van der Waals surface area contributed by atoms with Crippen molar-refractivity contribution in [1.82, 2.24) is 24.8 Å². The second kappa shape index (κ2) is 6.69. The molecule has 0 aliphatic carbocycles. The highest BCUT2D eigenvalue weighted by Gasteiger charge is 2.23. The van der Waals surface area contributed by atoms with E-state index in [0.717, 1.165) is 0 Å². The largest absolute Gasteiger partial charge is 0.480 e. The highest BCUT2D eigenvalue weighted by Crippen LogP contribution is 2.07. The van der Waals surface area contributed by atoms with Crippen LogP contribution in [0.25, 0.3) is 11.2 Å². The summed E-state index contributed by atoms with van der Waals surface area (Å²) in [6.07, 6.45) is 0.181. The van der Waals surface area contributed by atoms with Crippen LogP contribution in [-0.2, 0) is 23.1 Å². The normalized spacial score (nSPS) is 12.5. The second-order valence-electron chi connectivity index (χ2n) is 5.83. The Kier molecular flexibility index (Phi) is 4.86. The van der Waals surface area contributed by atoms with E-state index in [0.29, 0.717) is 5.82 Å². The fourth-order valence-electron chi connectivity index (χ4n) is 2.26. The molecule has 1 amide bonds. The van der Waals surface area contributed by atoms with E-state index in [1.807, 2.05) is 0 Å². The maximum Gasteiger partial charge on any atom is 0.329 e. The van der Waals surface area contributed by atoms with Crippen LogP contribution in [0.15, 0.2) is 9.59 Å². The molecule has 0 aromatic carbocycles. The van der Waals surface area contributed by atoms with Crippen molar-refractivity contribution in [3.8, 4) is 0 Å². The Bertz CT molecular complexity index is 891. The molecule has 2 aromatic rings. The lowest BCUT2D eigenvalue weighted by atomic mass is 10.0. The summed E-state index contributed by atoms with van der Waals surface area (Å²) in [5.41, 5.74) is -0.811. The SMILES string of the molecule is CC(C)[C@H](NC(=O)CCc1nc2c([nH]1)c(=O)[nH]c(=O)n2C)C(=O)O. The Balaban J connectivity index is 2.11. The summed E-state index contributed by atoms with van der Waals surface area (Å²) in [6.45, 7) is 3.40. The van der Waals surface area contributed by atoms with E-state index in [1.165, 1.54) is 11.6 Å². The molecule has 24 heavy (non-hydrogen) atoms. The van der Waals surface area contributed by atoms with Crippen molar-refractivity contribution in [3.05, 3.63) is 26.7 Å². The van der Waals surface area contributed by atoms with Gasteiger partial charge in [-0.15, -0.1) is 0 Å². The van der Waals surface area contributed by atoms with Gasteiger partial charge in [-0.05, 0) is 5.92 Å². The number of hydrogen-bond acceptors (Lipinski definition) is 5. The molecule has 10 nitrogen and oxygen atoms in total. The number of carbonyl (C=O) groups excluding carboxylic acids is 1. The number of rotatable bonds is 6. The molecule has 0 saturated carbocycles. The van der Waals surface area contributed by atoms with E-state index in [2.05, 4.69) is 20.3 Å². The number of aryl methyl sites for hydroxylation is 2. The standard InChI is InChI=1S/C14H19N5O5/c1-6(2)9(13(22)23)17-8(20)5-4-7-15-10-11(16-7)19(3)14(24)18-12(10)21/h6,9H,4-5H2,1-3H3,(H,15,16)(H,17,20)(H,22,23)(H,18,21,24)/t9-/m0/s1. The number of hydrogen-bond donors (Lipinski definition) is 4. The van der Waals surface area contributed by atoms with Crippen LogP contribution in [0, 0.1) is 5.92 Å². The van der Waals surface area contributed by atoms with Gasteiger partial charge in [-0.1, -0.05) is 13.8 Å². The van der Waals surface area contributed by atoms with Crippen molar-refractivity contribution >= 4 is 23.0 Å². The monoisotopic (exact) mass is 337 g/mol. The van der Waals surface area contributed by atoms with Gasteiger partial charge >= 0.3 is 11.7 Å². The lowest BCUT2D eigenvalue weighted by Crippen LogP contribution is -2.44. The van der Waals surface area contributed by atoms with Crippen LogP contribution in [0.5, 0.6) is 0 Å². The number of nitrogens with one attached hydrogen (secondary N) is 3. The van der Waals surface area contributed by atoms with E-state index in [4.69, 9.17) is 5.11 Å². The Morgan fingerprint density at radius 1 is 1.29 bits per heavy atom. The number of amides is 1. The first-order valence-corrected chi connectivity index (χ1v) is 7.40. The summed E-state index contributed by atoms with van der Waals surface area (Å²) in [5, 5.41) is 11.5. The van der Waals surface area contributed by atoms with Crippen molar-refractivity contribution in [3.63, 3.8) is 0 Å². The van der Waals surface area contributed by atoms with E-state index < -0.39 is 29.2 Å². The molecule has 0 aliphatic heterocycles. The average Bonchev–Trinajstić information content (AvgIpc) is 2.92. The van der Waals surface area contributed by atoms with Gasteiger partial charge in [0, 0.05) is 19.9 Å². The smallest absolute Gasteiger partial charge is 0.329 e. The zero-order valence-electron chi connectivity index (χ0n) is 13.5. The molecule has 2 aromatic heterocycles. The quantitative estimate of drug-likeness (QED) is 0.537. The molecule has 0 bridgehead atoms. The first kappa shape index (κ1) is 17.4. The number of imidazole rings is 1. The molecule has 1 atom stereocenters. The maximum absolute atomic E-state index is 11.9. The molecular weight excluding hydrogens is 318 g/mol. The van der Waals surface area contributed by atoms with Gasteiger partial charge in [0.25, 0.3) is 5.56 Å². The number of carboxylic acids is 1. The van der Waals surface area contributed by atoms with Gasteiger partial charge in [0.1, 0.15) is 17.4 Å². The number of nitrogens with zero attached hydrogens (tertiary/aromatic N) is 2. The summed E-state index contributed by atoms with van der Waals surface area (Å²) < 4.78 is 1.19. The number of fused-ring (bicyclic) bond motifs is 1. The third-order valence-electron chi connectivity index (χ3n) is 3.64. The summed E-state index contributed by atoms with van der Waals surface area (Å²) in [6, 6.07) is -0.961. The Labute approximate surface area is 135 Å². The molecule has 130 valence electrons.